The van der Waals surface area contributed by atoms with E-state index in [0.717, 1.165) is 27.8 Å². The monoisotopic (exact) mass is 350 g/mol. The van der Waals surface area contributed by atoms with Crippen LogP contribution in [0, 0.1) is 6.92 Å². The molecule has 0 bridgehead atoms. The number of ether oxygens (including phenoxy) is 2. The van der Waals surface area contributed by atoms with Gasteiger partial charge in [-0.1, -0.05) is 30.3 Å². The zero-order chi connectivity index (χ0) is 18.1. The molecule has 1 unspecified atom stereocenters. The first-order valence-corrected chi connectivity index (χ1v) is 8.79. The summed E-state index contributed by atoms with van der Waals surface area (Å²) in [6, 6.07) is 15.9. The molecule has 3 aromatic rings. The lowest BCUT2D eigenvalue weighted by atomic mass is 10.1. The van der Waals surface area contributed by atoms with Crippen molar-refractivity contribution in [2.45, 2.75) is 13.0 Å². The number of morpholine rings is 1. The summed E-state index contributed by atoms with van der Waals surface area (Å²) in [5.41, 5.74) is 3.64. The van der Waals surface area contributed by atoms with E-state index in [1.54, 1.807) is 7.11 Å². The van der Waals surface area contributed by atoms with Gasteiger partial charge in [0, 0.05) is 17.4 Å². The highest BCUT2D eigenvalue weighted by Crippen LogP contribution is 2.28. The lowest BCUT2D eigenvalue weighted by molar-refractivity contribution is -0.0230. The number of aromatic amines is 1. The lowest BCUT2D eigenvalue weighted by Gasteiger charge is -2.33. The van der Waals surface area contributed by atoms with Gasteiger partial charge in [0.25, 0.3) is 5.91 Å². The van der Waals surface area contributed by atoms with Crippen molar-refractivity contribution >= 4 is 16.8 Å². The molecule has 2 heterocycles. The molecule has 5 heteroatoms. The van der Waals surface area contributed by atoms with Crippen LogP contribution in [0.5, 0.6) is 5.75 Å². The number of fused-ring (bicyclic) bond motifs is 1. The third kappa shape index (κ3) is 2.95. The predicted molar refractivity (Wildman–Crippen MR) is 101 cm³/mol. The Morgan fingerprint density at radius 1 is 1.23 bits per heavy atom. The topological polar surface area (TPSA) is 54.6 Å². The molecule has 1 aliphatic rings. The number of aryl methyl sites for hydroxylation is 1. The van der Waals surface area contributed by atoms with Crippen molar-refractivity contribution in [2.75, 3.05) is 26.8 Å². The summed E-state index contributed by atoms with van der Waals surface area (Å²) in [5.74, 6) is 0.802. The van der Waals surface area contributed by atoms with Crippen molar-refractivity contribution < 1.29 is 14.3 Å². The Morgan fingerprint density at radius 2 is 2.04 bits per heavy atom. The number of amides is 1. The number of nitrogens with one attached hydrogen (secondary N) is 1. The molecule has 0 radical (unpaired) electrons. The summed E-state index contributed by atoms with van der Waals surface area (Å²) >= 11 is 0. The summed E-state index contributed by atoms with van der Waals surface area (Å²) in [7, 11) is 1.65. The highest BCUT2D eigenvalue weighted by molar-refractivity contribution is 6.01. The fraction of sp³-hybridized carbons (Fsp3) is 0.286. The number of methoxy groups -OCH3 is 1. The summed E-state index contributed by atoms with van der Waals surface area (Å²) in [6.07, 6.45) is -0.0846. The predicted octanol–water partition coefficient (Wildman–Crippen LogP) is 3.70. The fourth-order valence-corrected chi connectivity index (χ4v) is 3.51. The molecule has 2 aromatic carbocycles. The van der Waals surface area contributed by atoms with Gasteiger partial charge in [0.1, 0.15) is 17.5 Å². The Kier molecular flexibility index (Phi) is 4.39. The van der Waals surface area contributed by atoms with Gasteiger partial charge in [0.2, 0.25) is 0 Å². The van der Waals surface area contributed by atoms with Crippen LogP contribution in [0.1, 0.15) is 27.7 Å². The van der Waals surface area contributed by atoms with Crippen molar-refractivity contribution in [3.8, 4) is 5.75 Å². The number of hydrogen-bond acceptors (Lipinski definition) is 3. The maximum atomic E-state index is 13.1. The zero-order valence-electron chi connectivity index (χ0n) is 15.0. The van der Waals surface area contributed by atoms with Gasteiger partial charge in [-0.05, 0) is 36.2 Å². The maximum Gasteiger partial charge on any atom is 0.270 e. The molecule has 26 heavy (non-hydrogen) atoms. The van der Waals surface area contributed by atoms with Gasteiger partial charge in [-0.25, -0.2) is 0 Å². The number of nitrogens with zero attached hydrogens (tertiary/aromatic N) is 1. The van der Waals surface area contributed by atoms with E-state index in [4.69, 9.17) is 9.47 Å². The Hall–Kier alpha value is -2.79. The largest absolute Gasteiger partial charge is 0.497 e. The molecule has 0 saturated carbocycles. The molecule has 1 atom stereocenters. The fourth-order valence-electron chi connectivity index (χ4n) is 3.51. The highest BCUT2D eigenvalue weighted by atomic mass is 16.5. The third-order valence-electron chi connectivity index (χ3n) is 5.00. The van der Waals surface area contributed by atoms with Gasteiger partial charge in [-0.15, -0.1) is 0 Å². The zero-order valence-corrected chi connectivity index (χ0v) is 15.0. The molecule has 1 amide bonds. The number of carbonyl (C=O) groups is 1. The number of carbonyl (C=O) groups excluding carboxylic acids is 1. The minimum Gasteiger partial charge on any atom is -0.497 e. The van der Waals surface area contributed by atoms with Gasteiger partial charge >= 0.3 is 0 Å². The van der Waals surface area contributed by atoms with E-state index in [9.17, 15) is 4.79 Å². The molecule has 134 valence electrons. The molecular formula is C21H22N2O3. The number of H-pyrrole nitrogens is 1. The van der Waals surface area contributed by atoms with Crippen molar-refractivity contribution in [1.82, 2.24) is 9.88 Å². The van der Waals surface area contributed by atoms with E-state index in [2.05, 4.69) is 4.98 Å². The summed E-state index contributed by atoms with van der Waals surface area (Å²) in [5, 5.41) is 1.01. The minimum atomic E-state index is -0.0846. The van der Waals surface area contributed by atoms with Crippen LogP contribution < -0.4 is 4.74 Å². The smallest absolute Gasteiger partial charge is 0.270 e. The molecule has 0 spiro atoms. The van der Waals surface area contributed by atoms with E-state index in [-0.39, 0.29) is 12.0 Å². The molecule has 1 saturated heterocycles. The van der Waals surface area contributed by atoms with Gasteiger partial charge in [-0.2, -0.15) is 0 Å². The number of aromatic nitrogens is 1. The van der Waals surface area contributed by atoms with Crippen LogP contribution >= 0.6 is 0 Å². The number of hydrogen-bond donors (Lipinski definition) is 1. The molecule has 1 N–H and O–H groups in total. The molecule has 4 rings (SSSR count). The highest BCUT2D eigenvalue weighted by Gasteiger charge is 2.28. The Bertz CT molecular complexity index is 933. The minimum absolute atomic E-state index is 0.0156. The summed E-state index contributed by atoms with van der Waals surface area (Å²) < 4.78 is 11.2. The van der Waals surface area contributed by atoms with Crippen molar-refractivity contribution in [1.29, 1.82) is 0 Å². The first-order chi connectivity index (χ1) is 12.7. The first kappa shape index (κ1) is 16.7. The second-order valence-electron chi connectivity index (χ2n) is 6.56. The Morgan fingerprint density at radius 3 is 2.81 bits per heavy atom. The van der Waals surface area contributed by atoms with Crippen molar-refractivity contribution in [3.05, 3.63) is 65.4 Å². The molecule has 0 aliphatic carbocycles. The first-order valence-electron chi connectivity index (χ1n) is 8.79. The van der Waals surface area contributed by atoms with Crippen LogP contribution in [0.4, 0.5) is 0 Å². The lowest BCUT2D eigenvalue weighted by Crippen LogP contribution is -2.42. The Labute approximate surface area is 152 Å². The van der Waals surface area contributed by atoms with Crippen LogP contribution in [0.2, 0.25) is 0 Å². The quantitative estimate of drug-likeness (QED) is 0.784. The average Bonchev–Trinajstić information content (AvgIpc) is 3.04. The Balaban J connectivity index is 1.61. The van der Waals surface area contributed by atoms with E-state index in [0.29, 0.717) is 25.4 Å². The standard InChI is InChI=1S/C21H22N2O3/c1-14-17-12-16(25-2)8-9-18(17)22-20(14)21(24)23-10-11-26-19(13-23)15-6-4-3-5-7-15/h3-9,12,19,22H,10-11,13H2,1-2H3. The molecule has 1 aliphatic heterocycles. The summed E-state index contributed by atoms with van der Waals surface area (Å²) in [4.78, 5) is 18.3. The van der Waals surface area contributed by atoms with E-state index < -0.39 is 0 Å². The van der Waals surface area contributed by atoms with Gasteiger partial charge in [0.15, 0.2) is 0 Å². The second kappa shape index (κ2) is 6.84. The van der Waals surface area contributed by atoms with Crippen LogP contribution in [-0.4, -0.2) is 42.6 Å². The molecular weight excluding hydrogens is 328 g/mol. The van der Waals surface area contributed by atoms with Crippen LogP contribution in [0.3, 0.4) is 0 Å². The third-order valence-corrected chi connectivity index (χ3v) is 5.00. The van der Waals surface area contributed by atoms with Crippen LogP contribution in [0.25, 0.3) is 10.9 Å². The van der Waals surface area contributed by atoms with E-state index in [1.165, 1.54) is 0 Å². The molecule has 1 fully saturated rings. The van der Waals surface area contributed by atoms with E-state index >= 15 is 0 Å². The van der Waals surface area contributed by atoms with E-state index in [1.807, 2.05) is 60.4 Å². The van der Waals surface area contributed by atoms with Crippen molar-refractivity contribution in [2.24, 2.45) is 0 Å². The number of benzene rings is 2. The SMILES string of the molecule is COc1ccc2[nH]c(C(=O)N3CCOC(c4ccccc4)C3)c(C)c2c1. The van der Waals surface area contributed by atoms with Crippen LogP contribution in [0.15, 0.2) is 48.5 Å². The molecule has 1 aromatic heterocycles. The molecule has 5 nitrogen and oxygen atoms in total. The second-order valence-corrected chi connectivity index (χ2v) is 6.56. The summed E-state index contributed by atoms with van der Waals surface area (Å²) in [6.45, 7) is 3.67. The van der Waals surface area contributed by atoms with Gasteiger partial charge in [-0.3, -0.25) is 4.79 Å². The van der Waals surface area contributed by atoms with Crippen LogP contribution in [-0.2, 0) is 4.74 Å². The maximum absolute atomic E-state index is 13.1. The van der Waals surface area contributed by atoms with Gasteiger partial charge in [0.05, 0.1) is 20.3 Å². The van der Waals surface area contributed by atoms with Crippen molar-refractivity contribution in [3.63, 3.8) is 0 Å². The number of rotatable bonds is 3. The average molecular weight is 350 g/mol. The van der Waals surface area contributed by atoms with Gasteiger partial charge < -0.3 is 19.4 Å². The normalized spacial score (nSPS) is 17.5.